The molecule has 25 heavy (non-hydrogen) atoms. The monoisotopic (exact) mass is 362 g/mol. The molecule has 8 heteroatoms. The first-order valence-electron chi connectivity index (χ1n) is 7.48. The Morgan fingerprint density at radius 3 is 2.40 bits per heavy atom. The van der Waals surface area contributed by atoms with Crippen LogP contribution in [-0.4, -0.2) is 32.1 Å². The van der Waals surface area contributed by atoms with Gasteiger partial charge in [-0.25, -0.2) is 14.4 Å². The van der Waals surface area contributed by atoms with Crippen LogP contribution in [0.5, 0.6) is 0 Å². The lowest BCUT2D eigenvalue weighted by Gasteiger charge is -2.22. The zero-order valence-electron chi connectivity index (χ0n) is 14.0. The Balaban J connectivity index is 2.78. The van der Waals surface area contributed by atoms with Gasteiger partial charge in [0, 0.05) is 29.4 Å². The maximum atomic E-state index is 13.2. The Kier molecular flexibility index (Phi) is 6.11. The fraction of sp³-hybridized carbons (Fsp3) is 0.235. The molecule has 2 aromatic rings. The molecule has 0 amide bonds. The van der Waals surface area contributed by atoms with E-state index in [1.54, 1.807) is 6.08 Å². The van der Waals surface area contributed by atoms with Crippen molar-refractivity contribution in [3.63, 3.8) is 0 Å². The standard InChI is InChI=1S/C17H18FN3O3S/c1-11(2)15-14(5-4-10-22)16(12-6-8-13(18)9-7-12)20-17(19-15)21(3)25(23)24/h4-11H,1-3H3,(H,23,24)/p-1/b5-4+. The Morgan fingerprint density at radius 2 is 1.88 bits per heavy atom. The van der Waals surface area contributed by atoms with E-state index in [9.17, 15) is 17.9 Å². The Hall–Kier alpha value is -2.45. The van der Waals surface area contributed by atoms with Crippen LogP contribution in [0.15, 0.2) is 30.3 Å². The molecule has 132 valence electrons. The summed E-state index contributed by atoms with van der Waals surface area (Å²) in [7, 11) is 1.33. The van der Waals surface area contributed by atoms with Gasteiger partial charge in [0.05, 0.1) is 11.4 Å². The molecule has 0 aliphatic rings. The molecule has 0 radical (unpaired) electrons. The normalized spacial score (nSPS) is 12.6. The molecular weight excluding hydrogens is 345 g/mol. The van der Waals surface area contributed by atoms with Gasteiger partial charge in [-0.05, 0) is 42.3 Å². The number of carbonyl (C=O) groups excluding carboxylic acids is 1. The summed E-state index contributed by atoms with van der Waals surface area (Å²) in [5.74, 6) is -0.453. The topological polar surface area (TPSA) is 86.2 Å². The molecule has 0 bridgehead atoms. The summed E-state index contributed by atoms with van der Waals surface area (Å²) >= 11 is -2.54. The van der Waals surface area contributed by atoms with Crippen LogP contribution >= 0.6 is 0 Å². The van der Waals surface area contributed by atoms with Gasteiger partial charge in [-0.15, -0.1) is 0 Å². The quantitative estimate of drug-likeness (QED) is 0.448. The van der Waals surface area contributed by atoms with Crippen LogP contribution in [-0.2, 0) is 16.1 Å². The van der Waals surface area contributed by atoms with Crippen LogP contribution < -0.4 is 4.31 Å². The second kappa shape index (κ2) is 8.09. The van der Waals surface area contributed by atoms with Crippen molar-refractivity contribution in [1.29, 1.82) is 0 Å². The van der Waals surface area contributed by atoms with Crippen molar-refractivity contribution in [3.05, 3.63) is 47.4 Å². The molecule has 6 nitrogen and oxygen atoms in total. The van der Waals surface area contributed by atoms with E-state index in [0.717, 1.165) is 4.31 Å². The highest BCUT2D eigenvalue weighted by atomic mass is 32.2. The van der Waals surface area contributed by atoms with Crippen molar-refractivity contribution in [2.75, 3.05) is 11.4 Å². The predicted octanol–water partition coefficient (Wildman–Crippen LogP) is 2.85. The highest BCUT2D eigenvalue weighted by molar-refractivity contribution is 7.80. The van der Waals surface area contributed by atoms with E-state index < -0.39 is 17.1 Å². The first-order valence-corrected chi connectivity index (χ1v) is 8.51. The van der Waals surface area contributed by atoms with Gasteiger partial charge in [0.1, 0.15) is 12.1 Å². The van der Waals surface area contributed by atoms with Gasteiger partial charge in [-0.2, -0.15) is 0 Å². The van der Waals surface area contributed by atoms with E-state index in [1.165, 1.54) is 37.4 Å². The molecule has 0 saturated carbocycles. The summed E-state index contributed by atoms with van der Waals surface area (Å²) in [6.07, 6.45) is 3.51. The molecule has 1 aromatic carbocycles. The minimum Gasteiger partial charge on any atom is -0.755 e. The third-order valence-electron chi connectivity index (χ3n) is 3.47. The minimum atomic E-state index is -2.54. The lowest BCUT2D eigenvalue weighted by molar-refractivity contribution is -0.104. The Bertz CT molecular complexity index is 823. The molecule has 1 heterocycles. The third kappa shape index (κ3) is 4.34. The van der Waals surface area contributed by atoms with Gasteiger partial charge in [0.2, 0.25) is 5.95 Å². The van der Waals surface area contributed by atoms with Crippen LogP contribution in [0.3, 0.4) is 0 Å². The van der Waals surface area contributed by atoms with Gasteiger partial charge < -0.3 is 4.55 Å². The average molecular weight is 362 g/mol. The smallest absolute Gasteiger partial charge is 0.237 e. The fourth-order valence-electron chi connectivity index (χ4n) is 2.25. The second-order valence-corrected chi connectivity index (χ2v) is 6.52. The number of aromatic nitrogens is 2. The van der Waals surface area contributed by atoms with Crippen LogP contribution in [0, 0.1) is 5.82 Å². The van der Waals surface area contributed by atoms with Crippen molar-refractivity contribution in [2.45, 2.75) is 19.8 Å². The molecule has 0 spiro atoms. The Morgan fingerprint density at radius 1 is 1.24 bits per heavy atom. The van der Waals surface area contributed by atoms with Crippen molar-refractivity contribution >= 4 is 29.6 Å². The van der Waals surface area contributed by atoms with Gasteiger partial charge in [-0.3, -0.25) is 13.3 Å². The van der Waals surface area contributed by atoms with E-state index in [0.29, 0.717) is 28.8 Å². The first kappa shape index (κ1) is 18.9. The molecule has 0 aliphatic heterocycles. The molecular formula is C17H17FN3O3S-. The van der Waals surface area contributed by atoms with Crippen LogP contribution in [0.1, 0.15) is 31.0 Å². The molecule has 0 aliphatic carbocycles. The van der Waals surface area contributed by atoms with Gasteiger partial charge in [-0.1, -0.05) is 13.8 Å². The average Bonchev–Trinajstić information content (AvgIpc) is 2.59. The number of nitrogens with zero attached hydrogens (tertiary/aromatic N) is 3. The molecule has 0 saturated heterocycles. The maximum Gasteiger partial charge on any atom is 0.237 e. The molecule has 0 N–H and O–H groups in total. The summed E-state index contributed by atoms with van der Waals surface area (Å²) < 4.78 is 36.7. The SMILES string of the molecule is CC(C)c1nc(N(C)S(=O)[O-])nc(-c2ccc(F)cc2)c1/C=C/C=O. The molecule has 1 unspecified atom stereocenters. The molecule has 2 rings (SSSR count). The zero-order valence-corrected chi connectivity index (χ0v) is 14.8. The number of rotatable bonds is 6. The lowest BCUT2D eigenvalue weighted by Crippen LogP contribution is -2.23. The fourth-order valence-corrected chi connectivity index (χ4v) is 2.46. The maximum absolute atomic E-state index is 13.2. The van der Waals surface area contributed by atoms with E-state index >= 15 is 0 Å². The molecule has 1 aromatic heterocycles. The number of allylic oxidation sites excluding steroid dienone is 1. The largest absolute Gasteiger partial charge is 0.755 e. The van der Waals surface area contributed by atoms with Crippen molar-refractivity contribution in [1.82, 2.24) is 9.97 Å². The zero-order chi connectivity index (χ0) is 18.6. The van der Waals surface area contributed by atoms with E-state index in [2.05, 4.69) is 9.97 Å². The Labute approximate surface area is 147 Å². The summed E-state index contributed by atoms with van der Waals surface area (Å²) in [4.78, 5) is 19.4. The first-order chi connectivity index (χ1) is 11.8. The van der Waals surface area contributed by atoms with Gasteiger partial charge >= 0.3 is 0 Å². The predicted molar refractivity (Wildman–Crippen MR) is 93.9 cm³/mol. The number of halogens is 1. The number of aldehydes is 1. The van der Waals surface area contributed by atoms with Gasteiger partial charge in [0.15, 0.2) is 0 Å². The van der Waals surface area contributed by atoms with E-state index in [-0.39, 0.29) is 11.9 Å². The summed E-state index contributed by atoms with van der Waals surface area (Å²) in [5.41, 5.74) is 2.17. The molecule has 1 atom stereocenters. The number of anilines is 1. The van der Waals surface area contributed by atoms with E-state index in [1.807, 2.05) is 13.8 Å². The van der Waals surface area contributed by atoms with Crippen molar-refractivity contribution < 1.29 is 17.9 Å². The minimum absolute atomic E-state index is 0.000360. The number of benzene rings is 1. The number of hydrogen-bond acceptors (Lipinski definition) is 5. The summed E-state index contributed by atoms with van der Waals surface area (Å²) in [6.45, 7) is 3.79. The third-order valence-corrected chi connectivity index (χ3v) is 4.09. The van der Waals surface area contributed by atoms with Crippen molar-refractivity contribution in [3.8, 4) is 11.3 Å². The highest BCUT2D eigenvalue weighted by Crippen LogP contribution is 2.31. The van der Waals surface area contributed by atoms with Crippen LogP contribution in [0.25, 0.3) is 17.3 Å². The lowest BCUT2D eigenvalue weighted by atomic mass is 9.98. The second-order valence-electron chi connectivity index (χ2n) is 5.54. The summed E-state index contributed by atoms with van der Waals surface area (Å²) in [6, 6.07) is 5.65. The number of hydrogen-bond donors (Lipinski definition) is 0. The number of carbonyl (C=O) groups is 1. The highest BCUT2D eigenvalue weighted by Gasteiger charge is 2.18. The summed E-state index contributed by atoms with van der Waals surface area (Å²) in [5, 5.41) is 0. The van der Waals surface area contributed by atoms with Crippen LogP contribution in [0.2, 0.25) is 0 Å². The molecule has 0 fully saturated rings. The van der Waals surface area contributed by atoms with Gasteiger partial charge in [0.25, 0.3) is 0 Å². The van der Waals surface area contributed by atoms with Crippen LogP contribution in [0.4, 0.5) is 10.3 Å². The van der Waals surface area contributed by atoms with Crippen molar-refractivity contribution in [2.24, 2.45) is 0 Å². The van der Waals surface area contributed by atoms with E-state index in [4.69, 9.17) is 0 Å².